The number of carbonyl (C=O) groups excluding carboxylic acids is 2. The van der Waals surface area contributed by atoms with E-state index in [1.54, 1.807) is 0 Å². The Hall–Kier alpha value is -1.94. The predicted molar refractivity (Wildman–Crippen MR) is 75.2 cm³/mol. The maximum Gasteiger partial charge on any atom is 0.328 e. The maximum absolute atomic E-state index is 12.5. The molecule has 2 heterocycles. The lowest BCUT2D eigenvalue weighted by Gasteiger charge is -2.37. The van der Waals surface area contributed by atoms with Gasteiger partial charge in [-0.1, -0.05) is 0 Å². The first-order valence-corrected chi connectivity index (χ1v) is 8.10. The van der Waals surface area contributed by atoms with Gasteiger partial charge in [-0.15, -0.1) is 0 Å². The van der Waals surface area contributed by atoms with E-state index in [1.807, 2.05) is 0 Å². The van der Waals surface area contributed by atoms with Crippen molar-refractivity contribution >= 4 is 27.6 Å². The van der Waals surface area contributed by atoms with Gasteiger partial charge in [-0.25, -0.2) is 13.2 Å². The second kappa shape index (κ2) is 5.06. The number of rotatable bonds is 4. The zero-order valence-corrected chi connectivity index (χ0v) is 12.9. The van der Waals surface area contributed by atoms with Crippen molar-refractivity contribution in [3.05, 3.63) is 11.6 Å². The molecular weight excluding hydrogens is 314 g/mol. The molecular formula is C12H17N3O6S. The number of amides is 2. The SMILES string of the molecule is CC1(C)[C@H](C(=O)O)N2C(=O)C(=CC(=O)NCCN)[C@H]2S1(=O)=O. The molecule has 0 bridgehead atoms. The van der Waals surface area contributed by atoms with E-state index in [1.165, 1.54) is 13.8 Å². The monoisotopic (exact) mass is 331 g/mol. The molecule has 122 valence electrons. The van der Waals surface area contributed by atoms with Crippen molar-refractivity contribution in [1.82, 2.24) is 10.2 Å². The molecule has 0 aromatic rings. The van der Waals surface area contributed by atoms with E-state index in [9.17, 15) is 27.9 Å². The van der Waals surface area contributed by atoms with Gasteiger partial charge in [0.1, 0.15) is 4.75 Å². The lowest BCUT2D eigenvalue weighted by molar-refractivity contribution is -0.152. The van der Waals surface area contributed by atoms with Crippen LogP contribution in [0, 0.1) is 0 Å². The Morgan fingerprint density at radius 3 is 2.55 bits per heavy atom. The van der Waals surface area contributed by atoms with Crippen molar-refractivity contribution in [2.45, 2.75) is 30.0 Å². The van der Waals surface area contributed by atoms with Gasteiger partial charge in [-0.3, -0.25) is 9.59 Å². The topological polar surface area (TPSA) is 147 Å². The Labute approximate surface area is 127 Å². The minimum absolute atomic E-state index is 0.182. The summed E-state index contributed by atoms with van der Waals surface area (Å²) in [6.45, 7) is 2.91. The third kappa shape index (κ3) is 2.02. The van der Waals surface area contributed by atoms with Crippen LogP contribution in [0.3, 0.4) is 0 Å². The van der Waals surface area contributed by atoms with E-state index in [2.05, 4.69) is 5.32 Å². The van der Waals surface area contributed by atoms with Gasteiger partial charge in [0.05, 0.1) is 5.57 Å². The number of sulfone groups is 1. The summed E-state index contributed by atoms with van der Waals surface area (Å²) in [6, 6.07) is -1.47. The van der Waals surface area contributed by atoms with Crippen molar-refractivity contribution in [1.29, 1.82) is 0 Å². The minimum atomic E-state index is -3.96. The molecule has 0 saturated carbocycles. The van der Waals surface area contributed by atoms with Crippen molar-refractivity contribution in [2.75, 3.05) is 13.1 Å². The summed E-state index contributed by atoms with van der Waals surface area (Å²) >= 11 is 0. The normalized spacial score (nSPS) is 29.9. The number of nitrogens with zero attached hydrogens (tertiary/aromatic N) is 1. The lowest BCUT2D eigenvalue weighted by Crippen LogP contribution is -2.59. The number of hydrogen-bond acceptors (Lipinski definition) is 6. The molecule has 2 fully saturated rings. The summed E-state index contributed by atoms with van der Waals surface area (Å²) in [6.07, 6.45) is 0.900. The minimum Gasteiger partial charge on any atom is -0.480 e. The van der Waals surface area contributed by atoms with E-state index in [-0.39, 0.29) is 18.7 Å². The molecule has 2 aliphatic rings. The van der Waals surface area contributed by atoms with Crippen LogP contribution in [0.25, 0.3) is 0 Å². The number of aliphatic carboxylic acids is 1. The van der Waals surface area contributed by atoms with Gasteiger partial charge in [0.25, 0.3) is 5.91 Å². The largest absolute Gasteiger partial charge is 0.480 e. The summed E-state index contributed by atoms with van der Waals surface area (Å²) in [5, 5.41) is 10.2. The van der Waals surface area contributed by atoms with Crippen molar-refractivity contribution in [3.63, 3.8) is 0 Å². The van der Waals surface area contributed by atoms with Gasteiger partial charge >= 0.3 is 5.97 Å². The molecule has 9 nitrogen and oxygen atoms in total. The molecule has 2 atom stereocenters. The number of β-lactam (4-membered cyclic amide) rings is 1. The zero-order valence-electron chi connectivity index (χ0n) is 12.1. The first-order valence-electron chi connectivity index (χ1n) is 6.55. The summed E-state index contributed by atoms with van der Waals surface area (Å²) in [5.41, 5.74) is 5.01. The quantitative estimate of drug-likeness (QED) is 0.392. The first-order chi connectivity index (χ1) is 10.1. The number of carboxylic acids is 1. The van der Waals surface area contributed by atoms with Crippen molar-refractivity contribution in [2.24, 2.45) is 5.73 Å². The Bertz CT molecular complexity index is 681. The van der Waals surface area contributed by atoms with Gasteiger partial charge in [0.2, 0.25) is 5.91 Å². The van der Waals surface area contributed by atoms with Gasteiger partial charge in [-0.2, -0.15) is 0 Å². The highest BCUT2D eigenvalue weighted by Crippen LogP contribution is 2.48. The number of nitrogens with two attached hydrogens (primary N) is 1. The van der Waals surface area contributed by atoms with Gasteiger partial charge < -0.3 is 21.1 Å². The fraction of sp³-hybridized carbons (Fsp3) is 0.583. The average Bonchev–Trinajstić information content (AvgIpc) is 2.55. The first kappa shape index (κ1) is 16.4. The van der Waals surface area contributed by atoms with E-state index in [0.29, 0.717) is 0 Å². The number of carbonyl (C=O) groups is 3. The molecule has 10 heteroatoms. The molecule has 0 aliphatic carbocycles. The van der Waals surface area contributed by atoms with E-state index >= 15 is 0 Å². The Balaban J connectivity index is 2.40. The van der Waals surface area contributed by atoms with Crippen LogP contribution in [0.2, 0.25) is 0 Å². The summed E-state index contributed by atoms with van der Waals surface area (Å²) < 4.78 is 23.3. The average molecular weight is 331 g/mol. The fourth-order valence-corrected chi connectivity index (χ4v) is 4.85. The highest BCUT2D eigenvalue weighted by atomic mass is 32.2. The third-order valence-corrected chi connectivity index (χ3v) is 6.69. The van der Waals surface area contributed by atoms with E-state index in [0.717, 1.165) is 11.0 Å². The van der Waals surface area contributed by atoms with Crippen molar-refractivity contribution in [3.8, 4) is 0 Å². The number of nitrogens with one attached hydrogen (secondary N) is 1. The smallest absolute Gasteiger partial charge is 0.328 e. The third-order valence-electron chi connectivity index (χ3n) is 3.93. The van der Waals surface area contributed by atoms with Gasteiger partial charge in [-0.05, 0) is 13.8 Å². The molecule has 0 aromatic carbocycles. The highest BCUT2D eigenvalue weighted by molar-refractivity contribution is 7.94. The van der Waals surface area contributed by atoms with Crippen LogP contribution in [0.5, 0.6) is 0 Å². The van der Waals surface area contributed by atoms with Crippen LogP contribution in [0.1, 0.15) is 13.8 Å². The molecule has 0 aromatic heterocycles. The molecule has 2 amide bonds. The highest BCUT2D eigenvalue weighted by Gasteiger charge is 2.70. The summed E-state index contributed by atoms with van der Waals surface area (Å²) in [4.78, 5) is 35.8. The Kier molecular flexibility index (Phi) is 3.78. The van der Waals surface area contributed by atoms with Crippen molar-refractivity contribution < 1.29 is 27.9 Å². The summed E-state index contributed by atoms with van der Waals surface area (Å²) in [7, 11) is -3.96. The molecule has 0 radical (unpaired) electrons. The van der Waals surface area contributed by atoms with Crippen LogP contribution in [-0.4, -0.2) is 65.5 Å². The number of fused-ring (bicyclic) bond motifs is 1. The molecule has 22 heavy (non-hydrogen) atoms. The zero-order chi connectivity index (χ0) is 16.9. The van der Waals surface area contributed by atoms with E-state index < -0.39 is 43.8 Å². The van der Waals surface area contributed by atoms with Gasteiger partial charge in [0.15, 0.2) is 21.3 Å². The summed E-state index contributed by atoms with van der Waals surface area (Å²) in [5.74, 6) is -2.79. The number of hydrogen-bond donors (Lipinski definition) is 3. The predicted octanol–water partition coefficient (Wildman–Crippen LogP) is -2.18. The maximum atomic E-state index is 12.5. The molecule has 4 N–H and O–H groups in total. The van der Waals surface area contributed by atoms with Crippen LogP contribution in [0.4, 0.5) is 0 Å². The van der Waals surface area contributed by atoms with E-state index in [4.69, 9.17) is 5.73 Å². The van der Waals surface area contributed by atoms with Crippen LogP contribution < -0.4 is 11.1 Å². The molecule has 2 saturated heterocycles. The second-order valence-electron chi connectivity index (χ2n) is 5.63. The molecule has 0 unspecified atom stereocenters. The van der Waals surface area contributed by atoms with Crippen LogP contribution in [0.15, 0.2) is 11.6 Å². The molecule has 2 rings (SSSR count). The number of carboxylic acid groups (broad SMARTS) is 1. The Morgan fingerprint density at radius 1 is 1.45 bits per heavy atom. The fourth-order valence-electron chi connectivity index (χ4n) is 2.73. The second-order valence-corrected chi connectivity index (χ2v) is 8.22. The van der Waals surface area contributed by atoms with Crippen LogP contribution >= 0.6 is 0 Å². The molecule has 2 aliphatic heterocycles. The standard InChI is InChI=1S/C12H17N3O6S/c1-12(2)8(11(18)19)15-9(17)6(10(15)22(12,20)21)5-7(16)14-4-3-13/h5,8,10H,3-4,13H2,1-2H3,(H,14,16)(H,18,19)/t8-,10+/m0/s1. The van der Waals surface area contributed by atoms with Gasteiger partial charge in [0, 0.05) is 19.2 Å². The van der Waals surface area contributed by atoms with Crippen LogP contribution in [-0.2, 0) is 24.2 Å². The molecule has 0 spiro atoms. The lowest BCUT2D eigenvalue weighted by atomic mass is 9.95. The Morgan fingerprint density at radius 2 is 2.05 bits per heavy atom.